The first-order valence-electron chi connectivity index (χ1n) is 7.39. The Kier molecular flexibility index (Phi) is 3.50. The second kappa shape index (κ2) is 5.49. The summed E-state index contributed by atoms with van der Waals surface area (Å²) < 4.78 is 1.17. The summed E-state index contributed by atoms with van der Waals surface area (Å²) in [7, 11) is 0. The van der Waals surface area contributed by atoms with Crippen LogP contribution in [0.4, 0.5) is 5.82 Å². The van der Waals surface area contributed by atoms with Crippen LogP contribution in [0.3, 0.4) is 0 Å². The number of aromatic nitrogens is 2. The van der Waals surface area contributed by atoms with E-state index in [9.17, 15) is 5.11 Å². The summed E-state index contributed by atoms with van der Waals surface area (Å²) in [5, 5.41) is 15.3. The van der Waals surface area contributed by atoms with Crippen LogP contribution in [0.5, 0.6) is 0 Å². The summed E-state index contributed by atoms with van der Waals surface area (Å²) >= 11 is 1.70. The zero-order valence-corrected chi connectivity index (χ0v) is 12.6. The maximum absolute atomic E-state index is 10.0. The minimum Gasteiger partial charge on any atom is -0.390 e. The van der Waals surface area contributed by atoms with Gasteiger partial charge in [0.15, 0.2) is 0 Å². The minimum absolute atomic E-state index is 0.236. The fraction of sp³-hybridized carbons (Fsp3) is 0.571. The number of aliphatic hydroxyl groups excluding tert-OH is 1. The molecule has 0 saturated carbocycles. The van der Waals surface area contributed by atoms with Gasteiger partial charge in [-0.05, 0) is 11.4 Å². The second-order valence-electron chi connectivity index (χ2n) is 5.65. The van der Waals surface area contributed by atoms with Crippen molar-refractivity contribution < 1.29 is 5.11 Å². The quantitative estimate of drug-likeness (QED) is 0.823. The van der Waals surface area contributed by atoms with Crippen LogP contribution in [0, 0.1) is 0 Å². The summed E-state index contributed by atoms with van der Waals surface area (Å²) in [5.74, 6) is 1.06. The smallest absolute Gasteiger partial charge is 0.150 e. The van der Waals surface area contributed by atoms with Gasteiger partial charge >= 0.3 is 0 Å². The molecule has 112 valence electrons. The number of hydrogen-bond acceptors (Lipinski definition) is 7. The van der Waals surface area contributed by atoms with E-state index in [1.54, 1.807) is 17.7 Å². The largest absolute Gasteiger partial charge is 0.390 e. The van der Waals surface area contributed by atoms with Crippen LogP contribution in [0.2, 0.25) is 0 Å². The van der Waals surface area contributed by atoms with Gasteiger partial charge < -0.3 is 15.3 Å². The number of β-amino-alcohol motifs (C(OH)–C–C–N with tert-alkyl or cyclic N) is 1. The van der Waals surface area contributed by atoms with Crippen molar-refractivity contribution in [3.63, 3.8) is 0 Å². The number of fused-ring (bicyclic) bond motifs is 1. The van der Waals surface area contributed by atoms with Crippen molar-refractivity contribution in [2.45, 2.75) is 12.1 Å². The van der Waals surface area contributed by atoms with E-state index in [1.165, 1.54) is 4.70 Å². The number of piperazine rings is 1. The first-order valence-corrected chi connectivity index (χ1v) is 8.27. The van der Waals surface area contributed by atoms with E-state index in [0.29, 0.717) is 6.54 Å². The van der Waals surface area contributed by atoms with Crippen molar-refractivity contribution in [2.24, 2.45) is 0 Å². The lowest BCUT2D eigenvalue weighted by Crippen LogP contribution is -2.53. The fourth-order valence-electron chi connectivity index (χ4n) is 3.29. The van der Waals surface area contributed by atoms with Crippen LogP contribution in [0.15, 0.2) is 17.8 Å². The topological polar surface area (TPSA) is 64.5 Å². The molecule has 21 heavy (non-hydrogen) atoms. The molecule has 0 aliphatic carbocycles. The Bertz CT molecular complexity index is 625. The van der Waals surface area contributed by atoms with Gasteiger partial charge in [0.1, 0.15) is 12.1 Å². The van der Waals surface area contributed by atoms with Crippen molar-refractivity contribution in [2.75, 3.05) is 44.2 Å². The number of nitrogens with zero attached hydrogens (tertiary/aromatic N) is 4. The number of aliphatic hydroxyl groups is 1. The van der Waals surface area contributed by atoms with Crippen LogP contribution < -0.4 is 10.2 Å². The third kappa shape index (κ3) is 2.40. The molecule has 2 aliphatic heterocycles. The Hall–Kier alpha value is -1.28. The lowest BCUT2D eigenvalue weighted by Gasteiger charge is -2.39. The molecular weight excluding hydrogens is 286 g/mol. The first kappa shape index (κ1) is 13.4. The zero-order chi connectivity index (χ0) is 14.2. The minimum atomic E-state index is -0.236. The van der Waals surface area contributed by atoms with Crippen LogP contribution in [-0.4, -0.2) is 71.4 Å². The van der Waals surface area contributed by atoms with E-state index in [2.05, 4.69) is 30.5 Å². The second-order valence-corrected chi connectivity index (χ2v) is 6.56. The number of nitrogens with one attached hydrogen (secondary N) is 1. The van der Waals surface area contributed by atoms with E-state index in [0.717, 1.165) is 44.1 Å². The normalized spacial score (nSPS) is 27.6. The highest BCUT2D eigenvalue weighted by Crippen LogP contribution is 2.28. The van der Waals surface area contributed by atoms with E-state index in [1.807, 2.05) is 6.07 Å². The lowest BCUT2D eigenvalue weighted by atomic mass is 10.1. The van der Waals surface area contributed by atoms with E-state index >= 15 is 0 Å². The first-order chi connectivity index (χ1) is 10.3. The maximum Gasteiger partial charge on any atom is 0.150 e. The van der Waals surface area contributed by atoms with Crippen LogP contribution in [-0.2, 0) is 0 Å². The number of anilines is 1. The van der Waals surface area contributed by atoms with E-state index in [4.69, 9.17) is 0 Å². The third-order valence-corrected chi connectivity index (χ3v) is 5.36. The van der Waals surface area contributed by atoms with Crippen LogP contribution >= 0.6 is 11.3 Å². The Labute approximate surface area is 127 Å². The van der Waals surface area contributed by atoms with Gasteiger partial charge in [0.05, 0.1) is 16.3 Å². The van der Waals surface area contributed by atoms with Gasteiger partial charge in [0, 0.05) is 45.3 Å². The molecule has 2 aromatic rings. The molecule has 2 atom stereocenters. The summed E-state index contributed by atoms with van der Waals surface area (Å²) in [4.78, 5) is 13.5. The average molecular weight is 305 g/mol. The molecule has 2 saturated heterocycles. The van der Waals surface area contributed by atoms with Gasteiger partial charge in [-0.1, -0.05) is 0 Å². The molecule has 2 aromatic heterocycles. The lowest BCUT2D eigenvalue weighted by molar-refractivity contribution is 0.0792. The zero-order valence-electron chi connectivity index (χ0n) is 11.8. The van der Waals surface area contributed by atoms with Gasteiger partial charge in [-0.2, -0.15) is 0 Å². The molecule has 4 rings (SSSR count). The van der Waals surface area contributed by atoms with Crippen LogP contribution in [0.25, 0.3) is 10.2 Å². The summed E-state index contributed by atoms with van der Waals surface area (Å²) in [6.45, 7) is 5.46. The molecule has 1 unspecified atom stereocenters. The Morgan fingerprint density at radius 1 is 1.19 bits per heavy atom. The summed E-state index contributed by atoms with van der Waals surface area (Å²) in [5.41, 5.74) is 1.03. The predicted molar refractivity (Wildman–Crippen MR) is 83.9 cm³/mol. The van der Waals surface area contributed by atoms with Gasteiger partial charge in [-0.15, -0.1) is 11.3 Å². The Balaban J connectivity index is 1.49. The molecule has 0 amide bonds. The Morgan fingerprint density at radius 2 is 2.05 bits per heavy atom. The molecule has 0 bridgehead atoms. The molecule has 2 aliphatic rings. The fourth-order valence-corrected chi connectivity index (χ4v) is 4.15. The van der Waals surface area contributed by atoms with Crippen molar-refractivity contribution in [1.29, 1.82) is 0 Å². The summed E-state index contributed by atoms with van der Waals surface area (Å²) in [6, 6.07) is 2.31. The molecular formula is C14H19N5OS. The molecule has 0 aromatic carbocycles. The molecule has 4 heterocycles. The van der Waals surface area contributed by atoms with Crippen molar-refractivity contribution in [3.8, 4) is 0 Å². The van der Waals surface area contributed by atoms with Crippen molar-refractivity contribution in [1.82, 2.24) is 20.2 Å². The van der Waals surface area contributed by atoms with Crippen molar-refractivity contribution in [3.05, 3.63) is 17.8 Å². The highest BCUT2D eigenvalue weighted by molar-refractivity contribution is 7.17. The monoisotopic (exact) mass is 305 g/mol. The third-order valence-electron chi connectivity index (χ3n) is 4.46. The highest BCUT2D eigenvalue weighted by Gasteiger charge is 2.32. The molecule has 2 N–H and O–H groups in total. The molecule has 2 fully saturated rings. The molecule has 7 heteroatoms. The van der Waals surface area contributed by atoms with Crippen molar-refractivity contribution >= 4 is 27.4 Å². The summed E-state index contributed by atoms with van der Waals surface area (Å²) in [6.07, 6.45) is 1.42. The average Bonchev–Trinajstić information content (AvgIpc) is 3.15. The predicted octanol–water partition coefficient (Wildman–Crippen LogP) is 0.146. The van der Waals surface area contributed by atoms with Gasteiger partial charge in [0.25, 0.3) is 0 Å². The van der Waals surface area contributed by atoms with E-state index < -0.39 is 0 Å². The number of thiophene rings is 1. The SMILES string of the molecule is O[C@@H]1CNCC1N1CCN(c2ncnc3ccsc23)CC1. The molecule has 0 spiro atoms. The van der Waals surface area contributed by atoms with Gasteiger partial charge in [-0.25, -0.2) is 9.97 Å². The molecule has 6 nitrogen and oxygen atoms in total. The number of rotatable bonds is 2. The van der Waals surface area contributed by atoms with Gasteiger partial charge in [0.2, 0.25) is 0 Å². The standard InChI is InChI=1S/C14H19N5OS/c20-12-8-15-7-11(12)18-2-4-19(5-3-18)14-13-10(1-6-21-13)16-9-17-14/h1,6,9,11-12,15,20H,2-5,7-8H2/t11?,12-/m1/s1. The van der Waals surface area contributed by atoms with E-state index in [-0.39, 0.29) is 12.1 Å². The van der Waals surface area contributed by atoms with Crippen LogP contribution in [0.1, 0.15) is 0 Å². The highest BCUT2D eigenvalue weighted by atomic mass is 32.1. The molecule has 0 radical (unpaired) electrons. The Morgan fingerprint density at radius 3 is 2.81 bits per heavy atom. The number of hydrogen-bond donors (Lipinski definition) is 2. The maximum atomic E-state index is 10.0. The van der Waals surface area contributed by atoms with Gasteiger partial charge in [-0.3, -0.25) is 4.90 Å².